The second-order valence-corrected chi connectivity index (χ2v) is 5.35. The summed E-state index contributed by atoms with van der Waals surface area (Å²) in [5.74, 6) is 0.230. The van der Waals surface area contributed by atoms with Crippen LogP contribution < -0.4 is 11.4 Å². The maximum absolute atomic E-state index is 11.3. The van der Waals surface area contributed by atoms with E-state index in [1.54, 1.807) is 6.07 Å². The fraction of sp³-hybridized carbons (Fsp3) is 0.286. The number of hydrogen-bond donors (Lipinski definition) is 2. The van der Waals surface area contributed by atoms with E-state index in [4.69, 9.17) is 5.73 Å². The molecule has 18 heavy (non-hydrogen) atoms. The second-order valence-electron chi connectivity index (χ2n) is 5.35. The molecule has 1 heterocycles. The molecule has 0 amide bonds. The molecule has 0 atom stereocenters. The van der Waals surface area contributed by atoms with Gasteiger partial charge in [-0.15, -0.1) is 0 Å². The Bertz CT molecular complexity index is 606. The molecule has 4 heteroatoms. The predicted molar refractivity (Wildman–Crippen MR) is 73.4 cm³/mol. The van der Waals surface area contributed by atoms with Crippen LogP contribution in [0, 0.1) is 0 Å². The van der Waals surface area contributed by atoms with Crippen LogP contribution in [0.4, 0.5) is 5.82 Å². The summed E-state index contributed by atoms with van der Waals surface area (Å²) in [6.45, 7) is 6.48. The van der Waals surface area contributed by atoms with Gasteiger partial charge in [-0.2, -0.15) is 4.98 Å². The van der Waals surface area contributed by atoms with Crippen LogP contribution in [-0.4, -0.2) is 9.97 Å². The molecule has 0 fully saturated rings. The number of aromatic nitrogens is 2. The lowest BCUT2D eigenvalue weighted by Gasteiger charge is -2.19. The first kappa shape index (κ1) is 12.4. The molecular formula is C14H17N3O. The van der Waals surface area contributed by atoms with Gasteiger partial charge >= 0.3 is 5.69 Å². The van der Waals surface area contributed by atoms with Crippen molar-refractivity contribution in [3.63, 3.8) is 0 Å². The van der Waals surface area contributed by atoms with Gasteiger partial charge in [0.05, 0.1) is 5.69 Å². The molecule has 0 aliphatic carbocycles. The average molecular weight is 243 g/mol. The molecule has 0 aliphatic rings. The third-order valence-electron chi connectivity index (χ3n) is 2.83. The molecule has 0 radical (unpaired) electrons. The highest BCUT2D eigenvalue weighted by molar-refractivity contribution is 5.61. The number of nitrogen functional groups attached to an aromatic ring is 1. The van der Waals surface area contributed by atoms with E-state index in [0.29, 0.717) is 5.69 Å². The van der Waals surface area contributed by atoms with E-state index in [2.05, 4.69) is 42.9 Å². The predicted octanol–water partition coefficient (Wildman–Crippen LogP) is 2.32. The van der Waals surface area contributed by atoms with Crippen molar-refractivity contribution < 1.29 is 0 Å². The molecule has 0 spiro atoms. The van der Waals surface area contributed by atoms with Gasteiger partial charge < -0.3 is 10.7 Å². The first-order chi connectivity index (χ1) is 8.36. The monoisotopic (exact) mass is 243 g/mol. The number of rotatable bonds is 1. The molecule has 0 unspecified atom stereocenters. The molecule has 3 N–H and O–H groups in total. The Labute approximate surface area is 106 Å². The number of nitrogens with zero attached hydrogens (tertiary/aromatic N) is 1. The largest absolute Gasteiger partial charge is 0.383 e. The van der Waals surface area contributed by atoms with Crippen molar-refractivity contribution in [1.29, 1.82) is 0 Å². The summed E-state index contributed by atoms with van der Waals surface area (Å²) in [4.78, 5) is 17.5. The molecule has 0 aliphatic heterocycles. The average Bonchev–Trinajstić information content (AvgIpc) is 2.27. The highest BCUT2D eigenvalue weighted by Gasteiger charge is 2.13. The van der Waals surface area contributed by atoms with Gasteiger partial charge in [-0.25, -0.2) is 4.79 Å². The van der Waals surface area contributed by atoms with Crippen LogP contribution >= 0.6 is 0 Å². The molecule has 1 aromatic heterocycles. The number of H-pyrrole nitrogens is 1. The van der Waals surface area contributed by atoms with Crippen molar-refractivity contribution in [2.24, 2.45) is 0 Å². The number of nitrogens with two attached hydrogens (primary N) is 1. The van der Waals surface area contributed by atoms with Gasteiger partial charge in [0, 0.05) is 6.07 Å². The molecule has 0 bridgehead atoms. The van der Waals surface area contributed by atoms with Gasteiger partial charge in [-0.3, -0.25) is 0 Å². The minimum absolute atomic E-state index is 0.114. The topological polar surface area (TPSA) is 71.8 Å². The van der Waals surface area contributed by atoms with Gasteiger partial charge in [0.25, 0.3) is 0 Å². The summed E-state index contributed by atoms with van der Waals surface area (Å²) in [5, 5.41) is 0. The van der Waals surface area contributed by atoms with E-state index in [0.717, 1.165) is 5.56 Å². The third kappa shape index (κ3) is 2.59. The summed E-state index contributed by atoms with van der Waals surface area (Å²) in [6, 6.07) is 9.73. The van der Waals surface area contributed by atoms with E-state index >= 15 is 0 Å². The molecule has 0 saturated carbocycles. The first-order valence-electron chi connectivity index (χ1n) is 5.84. The van der Waals surface area contributed by atoms with Crippen molar-refractivity contribution in [2.75, 3.05) is 5.73 Å². The van der Waals surface area contributed by atoms with Crippen LogP contribution in [-0.2, 0) is 5.41 Å². The SMILES string of the molecule is CC(C)(C)c1ccc(-c2cc(N)nc(=O)[nH]2)cc1. The van der Waals surface area contributed by atoms with Gasteiger partial charge in [0.1, 0.15) is 5.82 Å². The minimum Gasteiger partial charge on any atom is -0.383 e. The highest BCUT2D eigenvalue weighted by Crippen LogP contribution is 2.25. The molecule has 1 aromatic carbocycles. The van der Waals surface area contributed by atoms with Crippen LogP contribution in [0.5, 0.6) is 0 Å². The van der Waals surface area contributed by atoms with Crippen molar-refractivity contribution in [2.45, 2.75) is 26.2 Å². The summed E-state index contributed by atoms with van der Waals surface area (Å²) in [7, 11) is 0. The van der Waals surface area contributed by atoms with Crippen LogP contribution in [0.3, 0.4) is 0 Å². The molecule has 4 nitrogen and oxygen atoms in total. The van der Waals surface area contributed by atoms with Gasteiger partial charge in [0.2, 0.25) is 0 Å². The Morgan fingerprint density at radius 2 is 1.78 bits per heavy atom. The zero-order valence-electron chi connectivity index (χ0n) is 10.8. The van der Waals surface area contributed by atoms with Crippen molar-refractivity contribution in [3.8, 4) is 11.3 Å². The standard InChI is InChI=1S/C14H17N3O/c1-14(2,3)10-6-4-9(5-7-10)11-8-12(15)17-13(18)16-11/h4-8H,1-3H3,(H3,15,16,17,18). The third-order valence-corrected chi connectivity index (χ3v) is 2.83. The highest BCUT2D eigenvalue weighted by atomic mass is 16.1. The van der Waals surface area contributed by atoms with E-state index in [1.807, 2.05) is 12.1 Å². The normalized spacial score (nSPS) is 11.5. The Morgan fingerprint density at radius 3 is 2.28 bits per heavy atom. The number of benzene rings is 1. The number of anilines is 1. The Hall–Kier alpha value is -2.10. The Morgan fingerprint density at radius 1 is 1.17 bits per heavy atom. The van der Waals surface area contributed by atoms with Crippen LogP contribution in [0.25, 0.3) is 11.3 Å². The molecule has 0 saturated heterocycles. The molecule has 2 aromatic rings. The van der Waals surface area contributed by atoms with Gasteiger partial charge in [-0.05, 0) is 16.5 Å². The molecular weight excluding hydrogens is 226 g/mol. The van der Waals surface area contributed by atoms with Gasteiger partial charge in [-0.1, -0.05) is 45.0 Å². The lowest BCUT2D eigenvalue weighted by atomic mass is 9.86. The van der Waals surface area contributed by atoms with E-state index < -0.39 is 5.69 Å². The van der Waals surface area contributed by atoms with Crippen molar-refractivity contribution in [1.82, 2.24) is 9.97 Å². The van der Waals surface area contributed by atoms with Gasteiger partial charge in [0.15, 0.2) is 0 Å². The van der Waals surface area contributed by atoms with Crippen molar-refractivity contribution in [3.05, 3.63) is 46.4 Å². The van der Waals surface area contributed by atoms with Crippen LogP contribution in [0.1, 0.15) is 26.3 Å². The quantitative estimate of drug-likeness (QED) is 0.807. The Kier molecular flexibility index (Phi) is 2.95. The summed E-state index contributed by atoms with van der Waals surface area (Å²) in [6.07, 6.45) is 0. The minimum atomic E-state index is -0.426. The maximum atomic E-state index is 11.3. The number of hydrogen-bond acceptors (Lipinski definition) is 3. The van der Waals surface area contributed by atoms with E-state index in [-0.39, 0.29) is 11.2 Å². The lowest BCUT2D eigenvalue weighted by molar-refractivity contribution is 0.590. The van der Waals surface area contributed by atoms with E-state index in [9.17, 15) is 4.79 Å². The first-order valence-corrected chi connectivity index (χ1v) is 5.84. The molecule has 2 rings (SSSR count). The second kappa shape index (κ2) is 4.29. The van der Waals surface area contributed by atoms with E-state index in [1.165, 1.54) is 5.56 Å². The summed E-state index contributed by atoms with van der Waals surface area (Å²) in [5.41, 5.74) is 8.11. The number of nitrogens with one attached hydrogen (secondary N) is 1. The zero-order chi connectivity index (χ0) is 13.3. The van der Waals surface area contributed by atoms with Crippen LogP contribution in [0.15, 0.2) is 35.1 Å². The maximum Gasteiger partial charge on any atom is 0.347 e. The summed E-state index contributed by atoms with van der Waals surface area (Å²) < 4.78 is 0. The lowest BCUT2D eigenvalue weighted by Crippen LogP contribution is -2.13. The zero-order valence-corrected chi connectivity index (χ0v) is 10.8. The fourth-order valence-electron chi connectivity index (χ4n) is 1.78. The van der Waals surface area contributed by atoms with Crippen molar-refractivity contribution >= 4 is 5.82 Å². The van der Waals surface area contributed by atoms with Crippen LogP contribution in [0.2, 0.25) is 0 Å². The molecule has 94 valence electrons. The fourth-order valence-corrected chi connectivity index (χ4v) is 1.78. The smallest absolute Gasteiger partial charge is 0.347 e. The Balaban J connectivity index is 2.43. The number of aromatic amines is 1. The summed E-state index contributed by atoms with van der Waals surface area (Å²) >= 11 is 0.